The molecule has 1 aliphatic carbocycles. The van der Waals surface area contributed by atoms with Crippen LogP contribution in [-0.4, -0.2) is 52.1 Å². The van der Waals surface area contributed by atoms with E-state index in [9.17, 15) is 23.2 Å². The molecule has 1 aliphatic heterocycles. The predicted octanol–water partition coefficient (Wildman–Crippen LogP) is 5.15. The molecule has 0 bridgehead atoms. The number of thioether (sulfide) groups is 1. The molecule has 0 atom stereocenters. The van der Waals surface area contributed by atoms with Crippen LogP contribution in [-0.2, 0) is 9.59 Å². The number of amides is 1. The number of fused-ring (bicyclic) bond motifs is 2. The van der Waals surface area contributed by atoms with Crippen molar-refractivity contribution >= 4 is 50.6 Å². The number of halogens is 2. The van der Waals surface area contributed by atoms with Crippen molar-refractivity contribution in [1.82, 2.24) is 9.88 Å². The molecule has 0 unspecified atom stereocenters. The molecule has 6 rings (SSSR count). The van der Waals surface area contributed by atoms with E-state index in [2.05, 4.69) is 4.98 Å². The number of aromatic nitrogens is 1. The van der Waals surface area contributed by atoms with Crippen molar-refractivity contribution in [1.29, 1.82) is 0 Å². The molecule has 6 nitrogen and oxygen atoms in total. The molecule has 1 aromatic heterocycles. The number of Topliss-reactive ketones (excluding diaryl/α,β-unsaturated/α-hetero) is 1. The second-order valence-electron chi connectivity index (χ2n) is 9.14. The van der Waals surface area contributed by atoms with E-state index in [1.54, 1.807) is 24.4 Å². The van der Waals surface area contributed by atoms with Crippen LogP contribution < -0.4 is 4.74 Å². The van der Waals surface area contributed by atoms with Crippen LogP contribution >= 0.6 is 11.8 Å². The Labute approximate surface area is 226 Å². The average Bonchev–Trinajstić information content (AvgIpc) is 3.22. The molecule has 194 valence electrons. The maximum absolute atomic E-state index is 14.3. The van der Waals surface area contributed by atoms with E-state index in [1.807, 2.05) is 30.3 Å². The number of para-hydroxylation sites is 1. The van der Waals surface area contributed by atoms with E-state index in [-0.39, 0.29) is 24.5 Å². The topological polar surface area (TPSA) is 76.6 Å². The second kappa shape index (κ2) is 10.1. The van der Waals surface area contributed by atoms with Crippen LogP contribution in [0.2, 0.25) is 0 Å². The first kappa shape index (κ1) is 24.9. The molecule has 4 aromatic rings. The van der Waals surface area contributed by atoms with Gasteiger partial charge >= 0.3 is 5.91 Å². The first-order valence-corrected chi connectivity index (χ1v) is 13.2. The summed E-state index contributed by atoms with van der Waals surface area (Å²) >= 11 is 1.01. The van der Waals surface area contributed by atoms with Gasteiger partial charge in [-0.15, -0.1) is 0 Å². The zero-order valence-corrected chi connectivity index (χ0v) is 21.3. The van der Waals surface area contributed by atoms with Crippen molar-refractivity contribution in [3.05, 3.63) is 107 Å². The van der Waals surface area contributed by atoms with Gasteiger partial charge < -0.3 is 9.64 Å². The molecule has 1 amide bonds. The number of benzene rings is 3. The largest absolute Gasteiger partial charge is 0.492 e. The minimum Gasteiger partial charge on any atom is -0.492 e. The summed E-state index contributed by atoms with van der Waals surface area (Å²) < 4.78 is 34.4. The fourth-order valence-corrected chi connectivity index (χ4v) is 5.66. The van der Waals surface area contributed by atoms with Gasteiger partial charge in [0.1, 0.15) is 24.0 Å². The SMILES string of the molecule is O=C1SCCN(CCOc2ccc3c(c2)C(=O)C(c2cnc4ccccc4c2)=C3c2cc(F)cc(F)c2)C1=O. The summed E-state index contributed by atoms with van der Waals surface area (Å²) in [4.78, 5) is 43.4. The van der Waals surface area contributed by atoms with Crippen molar-refractivity contribution < 1.29 is 27.9 Å². The standard InChI is InChI=1S/C30H20F2N2O4S/c31-20-12-18(13-21(32)14-20)26-23-6-5-22(38-9-7-34-8-10-39-30(37)29(34)36)15-24(23)28(35)27(26)19-11-17-3-1-2-4-25(17)33-16-19/h1-6,11-16H,7-10H2. The molecule has 9 heteroatoms. The van der Waals surface area contributed by atoms with Crippen LogP contribution in [0.25, 0.3) is 22.0 Å². The smallest absolute Gasteiger partial charge is 0.301 e. The zero-order chi connectivity index (χ0) is 27.1. The van der Waals surface area contributed by atoms with Crippen molar-refractivity contribution in [2.24, 2.45) is 0 Å². The summed E-state index contributed by atoms with van der Waals surface area (Å²) in [7, 11) is 0. The monoisotopic (exact) mass is 542 g/mol. The van der Waals surface area contributed by atoms with E-state index in [1.165, 1.54) is 17.0 Å². The Balaban J connectivity index is 1.36. The number of rotatable bonds is 6. The molecule has 39 heavy (non-hydrogen) atoms. The highest BCUT2D eigenvalue weighted by atomic mass is 32.2. The lowest BCUT2D eigenvalue weighted by Gasteiger charge is -2.25. The van der Waals surface area contributed by atoms with E-state index in [0.29, 0.717) is 45.9 Å². The summed E-state index contributed by atoms with van der Waals surface area (Å²) in [5.41, 5.74) is 3.08. The van der Waals surface area contributed by atoms with E-state index in [4.69, 9.17) is 4.74 Å². The fourth-order valence-electron chi connectivity index (χ4n) is 4.91. The second-order valence-corrected chi connectivity index (χ2v) is 10.2. The van der Waals surface area contributed by atoms with E-state index < -0.39 is 22.7 Å². The quantitative estimate of drug-likeness (QED) is 0.314. The summed E-state index contributed by atoms with van der Waals surface area (Å²) in [6.45, 7) is 0.825. The number of carbonyl (C=O) groups is 3. The van der Waals surface area contributed by atoms with Crippen molar-refractivity contribution in [2.45, 2.75) is 0 Å². The number of pyridine rings is 1. The molecule has 0 radical (unpaired) electrons. The zero-order valence-electron chi connectivity index (χ0n) is 20.4. The number of carbonyl (C=O) groups excluding carboxylic acids is 3. The number of ether oxygens (including phenoxy) is 1. The highest BCUT2D eigenvalue weighted by Crippen LogP contribution is 2.44. The van der Waals surface area contributed by atoms with Gasteiger partial charge in [0.05, 0.1) is 12.1 Å². The first-order chi connectivity index (χ1) is 18.9. The third kappa shape index (κ3) is 4.70. The van der Waals surface area contributed by atoms with E-state index >= 15 is 0 Å². The van der Waals surface area contributed by atoms with Crippen molar-refractivity contribution in [2.75, 3.05) is 25.4 Å². The maximum Gasteiger partial charge on any atom is 0.301 e. The lowest BCUT2D eigenvalue weighted by molar-refractivity contribution is -0.140. The highest BCUT2D eigenvalue weighted by molar-refractivity contribution is 8.15. The Bertz CT molecular complexity index is 1700. The van der Waals surface area contributed by atoms with Gasteiger partial charge in [0, 0.05) is 52.2 Å². The highest BCUT2D eigenvalue weighted by Gasteiger charge is 2.33. The number of ketones is 1. The first-order valence-electron chi connectivity index (χ1n) is 12.2. The predicted molar refractivity (Wildman–Crippen MR) is 144 cm³/mol. The van der Waals surface area contributed by atoms with Gasteiger partial charge in [-0.1, -0.05) is 30.0 Å². The fraction of sp³-hybridized carbons (Fsp3) is 0.133. The molecular weight excluding hydrogens is 522 g/mol. The van der Waals surface area contributed by atoms with Crippen LogP contribution in [0.4, 0.5) is 8.78 Å². The molecule has 0 N–H and O–H groups in total. The van der Waals surface area contributed by atoms with Gasteiger partial charge in [-0.05, 0) is 53.6 Å². The molecular formula is C30H20F2N2O4S. The molecule has 0 spiro atoms. The number of hydrogen-bond donors (Lipinski definition) is 0. The van der Waals surface area contributed by atoms with Crippen LogP contribution in [0, 0.1) is 11.6 Å². The minimum absolute atomic E-state index is 0.132. The van der Waals surface area contributed by atoms with Crippen LogP contribution in [0.1, 0.15) is 27.0 Å². The van der Waals surface area contributed by atoms with Gasteiger partial charge in [-0.25, -0.2) is 8.78 Å². The Kier molecular flexibility index (Phi) is 6.44. The molecule has 2 heterocycles. The Morgan fingerprint density at radius 2 is 1.67 bits per heavy atom. The average molecular weight is 543 g/mol. The summed E-state index contributed by atoms with van der Waals surface area (Å²) in [5.74, 6) is -1.42. The van der Waals surface area contributed by atoms with E-state index in [0.717, 1.165) is 28.7 Å². The normalized spacial score (nSPS) is 15.3. The molecule has 2 aliphatic rings. The van der Waals surface area contributed by atoms with Gasteiger partial charge in [-0.3, -0.25) is 19.4 Å². The Morgan fingerprint density at radius 1 is 0.872 bits per heavy atom. The third-order valence-electron chi connectivity index (χ3n) is 6.70. The summed E-state index contributed by atoms with van der Waals surface area (Å²) in [6, 6.07) is 17.5. The lowest BCUT2D eigenvalue weighted by Crippen LogP contribution is -2.43. The lowest BCUT2D eigenvalue weighted by atomic mass is 9.94. The number of hydrogen-bond acceptors (Lipinski definition) is 6. The molecule has 0 saturated carbocycles. The van der Waals surface area contributed by atoms with Crippen molar-refractivity contribution in [3.63, 3.8) is 0 Å². The molecule has 1 saturated heterocycles. The molecule has 3 aromatic carbocycles. The van der Waals surface area contributed by atoms with Crippen molar-refractivity contribution in [3.8, 4) is 5.75 Å². The van der Waals surface area contributed by atoms with Crippen LogP contribution in [0.3, 0.4) is 0 Å². The summed E-state index contributed by atoms with van der Waals surface area (Å²) in [5, 5.41) is 0.344. The number of nitrogens with zero attached hydrogens (tertiary/aromatic N) is 2. The third-order valence-corrected chi connectivity index (χ3v) is 7.52. The Morgan fingerprint density at radius 3 is 2.49 bits per heavy atom. The van der Waals surface area contributed by atoms with Gasteiger partial charge in [-0.2, -0.15) is 0 Å². The van der Waals surface area contributed by atoms with Crippen LogP contribution in [0.5, 0.6) is 5.75 Å². The summed E-state index contributed by atoms with van der Waals surface area (Å²) in [6.07, 6.45) is 1.59. The minimum atomic E-state index is -0.751. The van der Waals surface area contributed by atoms with Gasteiger partial charge in [0.25, 0.3) is 5.12 Å². The van der Waals surface area contributed by atoms with Crippen LogP contribution in [0.15, 0.2) is 72.9 Å². The Hall–Kier alpha value is -4.37. The molecule has 1 fully saturated rings. The maximum atomic E-state index is 14.3. The number of allylic oxidation sites excluding steroid dienone is 1. The van der Waals surface area contributed by atoms with Gasteiger partial charge in [0.2, 0.25) is 0 Å². The van der Waals surface area contributed by atoms with Gasteiger partial charge in [0.15, 0.2) is 5.78 Å².